The molecule has 0 spiro atoms. The highest BCUT2D eigenvalue weighted by atomic mass is 35.5. The van der Waals surface area contributed by atoms with Crippen molar-refractivity contribution in [1.29, 1.82) is 0 Å². The van der Waals surface area contributed by atoms with E-state index < -0.39 is 60.3 Å². The van der Waals surface area contributed by atoms with E-state index in [2.05, 4.69) is 14.3 Å². The fourth-order valence-corrected chi connectivity index (χ4v) is 3.26. The van der Waals surface area contributed by atoms with Gasteiger partial charge in [-0.2, -0.15) is 13.2 Å². The number of carbonyl (C=O) groups excluding carboxylic acids is 2. The van der Waals surface area contributed by atoms with Crippen molar-refractivity contribution >= 4 is 29.6 Å². The van der Waals surface area contributed by atoms with Gasteiger partial charge in [0.05, 0.1) is 12.2 Å². The van der Waals surface area contributed by atoms with E-state index in [0.717, 1.165) is 6.08 Å². The van der Waals surface area contributed by atoms with Crippen LogP contribution in [0.1, 0.15) is 31.9 Å². The molecular formula is C20H21ClF3NO9. The number of ether oxygens (including phenoxy) is 4. The topological polar surface area (TPSA) is 123 Å². The van der Waals surface area contributed by atoms with Crippen LogP contribution in [-0.4, -0.2) is 55.9 Å². The molecule has 14 heteroatoms. The third-order valence-electron chi connectivity index (χ3n) is 4.33. The van der Waals surface area contributed by atoms with Crippen LogP contribution in [0.25, 0.3) is 6.08 Å². The molecule has 34 heavy (non-hydrogen) atoms. The molecule has 10 nitrogen and oxygen atoms in total. The van der Waals surface area contributed by atoms with Gasteiger partial charge >= 0.3 is 18.1 Å². The third kappa shape index (κ3) is 7.48. The van der Waals surface area contributed by atoms with Crippen molar-refractivity contribution in [2.75, 3.05) is 26.6 Å². The zero-order valence-corrected chi connectivity index (χ0v) is 19.0. The van der Waals surface area contributed by atoms with E-state index in [1.165, 1.54) is 12.1 Å². The van der Waals surface area contributed by atoms with Crippen LogP contribution in [0.3, 0.4) is 0 Å². The van der Waals surface area contributed by atoms with Crippen LogP contribution in [-0.2, 0) is 34.1 Å². The van der Waals surface area contributed by atoms with Gasteiger partial charge in [-0.25, -0.2) is 9.59 Å². The summed E-state index contributed by atoms with van der Waals surface area (Å²) in [7, 11) is 0. The van der Waals surface area contributed by atoms with Gasteiger partial charge < -0.3 is 23.8 Å². The van der Waals surface area contributed by atoms with Crippen LogP contribution in [0.15, 0.2) is 17.7 Å². The highest BCUT2D eigenvalue weighted by Crippen LogP contribution is 2.42. The molecule has 0 aromatic heterocycles. The smallest absolute Gasteiger partial charge is 0.430 e. The lowest BCUT2D eigenvalue weighted by atomic mass is 9.85. The number of nitrogens with zero attached hydrogens (tertiary/aromatic N) is 1. The second-order valence-electron chi connectivity index (χ2n) is 7.93. The molecule has 1 atom stereocenters. The van der Waals surface area contributed by atoms with E-state index in [0.29, 0.717) is 5.56 Å². The number of fused-ring (bicyclic) bond motifs is 1. The monoisotopic (exact) mass is 511 g/mol. The van der Waals surface area contributed by atoms with Crippen molar-refractivity contribution in [3.05, 3.63) is 44.0 Å². The summed E-state index contributed by atoms with van der Waals surface area (Å²) in [6.07, 6.45) is -6.60. The quantitative estimate of drug-likeness (QED) is 0.161. The van der Waals surface area contributed by atoms with Crippen LogP contribution >= 0.6 is 11.6 Å². The Morgan fingerprint density at radius 3 is 2.44 bits per heavy atom. The average Bonchev–Trinajstić information content (AvgIpc) is 2.70. The molecule has 1 aliphatic rings. The number of carbonyl (C=O) groups is 2. The number of hydrogen-bond acceptors (Lipinski definition) is 9. The van der Waals surface area contributed by atoms with E-state index >= 15 is 0 Å². The minimum atomic E-state index is -4.94. The predicted molar refractivity (Wildman–Crippen MR) is 109 cm³/mol. The minimum Gasteiger partial charge on any atom is -0.475 e. The molecular weight excluding hydrogens is 491 g/mol. The molecule has 0 aliphatic carbocycles. The van der Waals surface area contributed by atoms with E-state index in [1.54, 1.807) is 0 Å². The number of alkyl halides is 3. The van der Waals surface area contributed by atoms with Crippen molar-refractivity contribution in [1.82, 2.24) is 0 Å². The zero-order chi connectivity index (χ0) is 25.7. The maximum atomic E-state index is 13.6. The fraction of sp³-hybridized carbons (Fsp3) is 0.500. The first-order valence-electron chi connectivity index (χ1n) is 9.67. The molecule has 0 bridgehead atoms. The summed E-state index contributed by atoms with van der Waals surface area (Å²) in [5.74, 6) is -2.54. The Morgan fingerprint density at radius 2 is 1.85 bits per heavy atom. The van der Waals surface area contributed by atoms with E-state index in [4.69, 9.17) is 21.1 Å². The summed E-state index contributed by atoms with van der Waals surface area (Å²) in [4.78, 5) is 37.7. The van der Waals surface area contributed by atoms with Crippen LogP contribution in [0.2, 0.25) is 5.02 Å². The summed E-state index contributed by atoms with van der Waals surface area (Å²) in [6, 6.07) is 2.78. The second kappa shape index (κ2) is 10.9. The largest absolute Gasteiger partial charge is 0.475 e. The summed E-state index contributed by atoms with van der Waals surface area (Å²) in [5.41, 5.74) is -0.622. The maximum absolute atomic E-state index is 13.6. The van der Waals surface area contributed by atoms with Crippen molar-refractivity contribution in [2.24, 2.45) is 0 Å². The second-order valence-corrected chi connectivity index (χ2v) is 8.34. The number of rotatable bonds is 9. The lowest BCUT2D eigenvalue weighted by molar-refractivity contribution is -0.758. The molecule has 0 saturated carbocycles. The van der Waals surface area contributed by atoms with Gasteiger partial charge in [0, 0.05) is 10.6 Å². The average molecular weight is 512 g/mol. The van der Waals surface area contributed by atoms with Crippen LogP contribution < -0.4 is 4.74 Å². The highest BCUT2D eigenvalue weighted by molar-refractivity contribution is 6.31. The van der Waals surface area contributed by atoms with Crippen molar-refractivity contribution < 1.29 is 51.6 Å². The summed E-state index contributed by atoms with van der Waals surface area (Å²) < 4.78 is 59.8. The number of esters is 2. The Morgan fingerprint density at radius 1 is 1.18 bits per heavy atom. The fourth-order valence-electron chi connectivity index (χ4n) is 2.80. The minimum absolute atomic E-state index is 0.0992. The number of hydrogen-bond donors (Lipinski definition) is 0. The maximum Gasteiger partial charge on any atom is 0.430 e. The summed E-state index contributed by atoms with van der Waals surface area (Å²) in [5, 5.41) is 9.19. The van der Waals surface area contributed by atoms with Crippen molar-refractivity contribution in [3.63, 3.8) is 0 Å². The number of halogens is 4. The molecule has 0 amide bonds. The first kappa shape index (κ1) is 27.2. The Hall–Kier alpha value is -3.06. The van der Waals surface area contributed by atoms with E-state index in [1.807, 2.05) is 20.8 Å². The van der Waals surface area contributed by atoms with Gasteiger partial charge in [0.2, 0.25) is 12.9 Å². The van der Waals surface area contributed by atoms with E-state index in [-0.39, 0.29) is 22.9 Å². The third-order valence-corrected chi connectivity index (χ3v) is 4.65. The summed E-state index contributed by atoms with van der Waals surface area (Å²) >= 11 is 6.26. The molecule has 1 aromatic carbocycles. The van der Waals surface area contributed by atoms with Gasteiger partial charge in [0.25, 0.3) is 5.09 Å². The Balaban J connectivity index is 2.06. The van der Waals surface area contributed by atoms with Gasteiger partial charge in [-0.3, -0.25) is 0 Å². The Kier molecular flexibility index (Phi) is 8.72. The first-order valence-corrected chi connectivity index (χ1v) is 10.0. The molecule has 1 aliphatic heterocycles. The Bertz CT molecular complexity index is 973. The lowest BCUT2D eigenvalue weighted by Gasteiger charge is -2.30. The molecule has 188 valence electrons. The SMILES string of the molecule is CC(C)(C)c1cc2c(cc1Cl)C=C(C(=O)OCOC(=O)COCCO[N+](=O)[O-])[C@@H](C(F)(F)F)O2. The zero-order valence-electron chi connectivity index (χ0n) is 18.3. The predicted octanol–water partition coefficient (Wildman–Crippen LogP) is 3.61. The van der Waals surface area contributed by atoms with Crippen molar-refractivity contribution in [3.8, 4) is 5.75 Å². The molecule has 0 fully saturated rings. The Labute approximate surface area is 196 Å². The molecule has 0 radical (unpaired) electrons. The van der Waals surface area contributed by atoms with Crippen LogP contribution in [0, 0.1) is 10.1 Å². The van der Waals surface area contributed by atoms with Gasteiger partial charge in [-0.1, -0.05) is 32.4 Å². The molecule has 1 heterocycles. The van der Waals surface area contributed by atoms with Crippen LogP contribution in [0.5, 0.6) is 5.75 Å². The number of benzene rings is 1. The van der Waals surface area contributed by atoms with Crippen molar-refractivity contribution in [2.45, 2.75) is 38.5 Å². The van der Waals surface area contributed by atoms with Crippen LogP contribution in [0.4, 0.5) is 13.2 Å². The van der Waals surface area contributed by atoms with E-state index in [9.17, 15) is 32.9 Å². The molecule has 0 saturated heterocycles. The van der Waals surface area contributed by atoms with Gasteiger partial charge in [0.15, 0.2) is 0 Å². The van der Waals surface area contributed by atoms with Gasteiger partial charge in [0.1, 0.15) is 19.0 Å². The lowest BCUT2D eigenvalue weighted by Crippen LogP contribution is -2.41. The molecule has 2 rings (SSSR count). The summed E-state index contributed by atoms with van der Waals surface area (Å²) in [6.45, 7) is 3.11. The highest BCUT2D eigenvalue weighted by Gasteiger charge is 2.49. The van der Waals surface area contributed by atoms with Gasteiger partial charge in [-0.05, 0) is 29.2 Å². The molecule has 0 unspecified atom stereocenters. The first-order chi connectivity index (χ1) is 15.7. The molecule has 1 aromatic rings. The molecule has 0 N–H and O–H groups in total. The van der Waals surface area contributed by atoms with Gasteiger partial charge in [-0.15, -0.1) is 10.1 Å². The standard InChI is InChI=1S/C20H21ClF3NO9/c1-19(2,3)13-8-15-11(7-14(13)21)6-12(17(34-15)20(22,23)24)18(27)32-10-31-16(26)9-30-4-5-33-25(28)29/h6-8,17H,4-5,9-10H2,1-3H3/t17-/m0/s1. The normalized spacial score (nSPS) is 15.5.